The van der Waals surface area contributed by atoms with Crippen molar-refractivity contribution >= 4 is 5.91 Å². The van der Waals surface area contributed by atoms with E-state index in [-0.39, 0.29) is 17.9 Å². The predicted octanol–water partition coefficient (Wildman–Crippen LogP) is 1.41. The lowest BCUT2D eigenvalue weighted by Gasteiger charge is -2.34. The average Bonchev–Trinajstić information content (AvgIpc) is 2.65. The zero-order valence-corrected chi connectivity index (χ0v) is 15.6. The van der Waals surface area contributed by atoms with Gasteiger partial charge in [0, 0.05) is 45.3 Å². The molecule has 1 saturated heterocycles. The van der Waals surface area contributed by atoms with Gasteiger partial charge >= 0.3 is 0 Å². The third kappa shape index (κ3) is 4.60. The van der Waals surface area contributed by atoms with E-state index in [2.05, 4.69) is 46.4 Å². The third-order valence-electron chi connectivity index (χ3n) is 5.65. The number of carbonyl (C=O) groups excluding carboxylic acids is 1. The number of nitrogens with zero attached hydrogens (tertiary/aromatic N) is 2. The third-order valence-corrected chi connectivity index (χ3v) is 5.65. The molecule has 0 saturated carbocycles. The number of hydrogen-bond acceptors (Lipinski definition) is 4. The van der Waals surface area contributed by atoms with E-state index in [1.165, 1.54) is 24.2 Å². The van der Waals surface area contributed by atoms with Crippen LogP contribution in [0, 0.1) is 0 Å². The molecule has 2 unspecified atom stereocenters. The molecule has 5 heteroatoms. The van der Waals surface area contributed by atoms with Crippen LogP contribution in [0.3, 0.4) is 0 Å². The van der Waals surface area contributed by atoms with Crippen LogP contribution in [0.5, 0.6) is 0 Å². The van der Waals surface area contributed by atoms with E-state index in [1.807, 2.05) is 12.1 Å². The molecular formula is C20H32N4O. The van der Waals surface area contributed by atoms with Crippen molar-refractivity contribution in [2.45, 2.75) is 38.8 Å². The first-order chi connectivity index (χ1) is 12.2. The van der Waals surface area contributed by atoms with Crippen LogP contribution >= 0.6 is 0 Å². The lowest BCUT2D eigenvalue weighted by Crippen LogP contribution is -2.47. The Labute approximate surface area is 151 Å². The molecule has 0 bridgehead atoms. The summed E-state index contributed by atoms with van der Waals surface area (Å²) < 4.78 is 0. The molecule has 0 spiro atoms. The maximum atomic E-state index is 12.7. The second-order valence-corrected chi connectivity index (χ2v) is 7.27. The molecule has 3 rings (SSSR count). The highest BCUT2D eigenvalue weighted by Crippen LogP contribution is 2.28. The Morgan fingerprint density at radius 3 is 2.68 bits per heavy atom. The van der Waals surface area contributed by atoms with Crippen molar-refractivity contribution in [3.05, 3.63) is 35.4 Å². The summed E-state index contributed by atoms with van der Waals surface area (Å²) in [4.78, 5) is 17.7. The van der Waals surface area contributed by atoms with Crippen LogP contribution in [0.2, 0.25) is 0 Å². The van der Waals surface area contributed by atoms with E-state index in [9.17, 15) is 4.79 Å². The van der Waals surface area contributed by atoms with E-state index in [0.717, 1.165) is 45.7 Å². The van der Waals surface area contributed by atoms with Gasteiger partial charge in [-0.2, -0.15) is 0 Å². The fourth-order valence-electron chi connectivity index (χ4n) is 3.98. The number of nitrogens with one attached hydrogen (secondary N) is 2. The maximum Gasteiger partial charge on any atom is 0.229 e. The second-order valence-electron chi connectivity index (χ2n) is 7.27. The number of likely N-dealkylation sites (N-methyl/N-ethyl adjacent to an activating group) is 1. The van der Waals surface area contributed by atoms with E-state index in [0.29, 0.717) is 0 Å². The highest BCUT2D eigenvalue weighted by atomic mass is 16.1. The molecule has 0 radical (unpaired) electrons. The van der Waals surface area contributed by atoms with Crippen LogP contribution in [0.25, 0.3) is 0 Å². The Kier molecular flexibility index (Phi) is 6.45. The fourth-order valence-corrected chi connectivity index (χ4v) is 3.98. The minimum atomic E-state index is -0.0851. The molecule has 1 amide bonds. The lowest BCUT2D eigenvalue weighted by atomic mass is 9.85. The Bertz CT molecular complexity index is 569. The first-order valence-electron chi connectivity index (χ1n) is 9.72. The number of rotatable bonds is 6. The lowest BCUT2D eigenvalue weighted by molar-refractivity contribution is -0.123. The summed E-state index contributed by atoms with van der Waals surface area (Å²) in [5.74, 6) is 0.0704. The van der Waals surface area contributed by atoms with E-state index in [1.54, 1.807) is 0 Å². The molecule has 25 heavy (non-hydrogen) atoms. The zero-order valence-electron chi connectivity index (χ0n) is 15.6. The van der Waals surface area contributed by atoms with Gasteiger partial charge in [-0.25, -0.2) is 0 Å². The Morgan fingerprint density at radius 2 is 1.92 bits per heavy atom. The Hall–Kier alpha value is -1.43. The van der Waals surface area contributed by atoms with Crippen LogP contribution in [0.15, 0.2) is 24.3 Å². The predicted molar refractivity (Wildman–Crippen MR) is 102 cm³/mol. The molecule has 2 atom stereocenters. The van der Waals surface area contributed by atoms with Crippen LogP contribution in [0.1, 0.15) is 37.3 Å². The largest absolute Gasteiger partial charge is 0.355 e. The van der Waals surface area contributed by atoms with E-state index >= 15 is 0 Å². The zero-order chi connectivity index (χ0) is 17.6. The van der Waals surface area contributed by atoms with Gasteiger partial charge in [0.2, 0.25) is 5.91 Å². The highest BCUT2D eigenvalue weighted by Gasteiger charge is 2.31. The molecule has 2 aliphatic rings. The average molecular weight is 345 g/mol. The Morgan fingerprint density at radius 1 is 1.20 bits per heavy atom. The molecular weight excluding hydrogens is 312 g/mol. The first-order valence-corrected chi connectivity index (χ1v) is 9.72. The molecule has 138 valence electrons. The van der Waals surface area contributed by atoms with Crippen LogP contribution in [0.4, 0.5) is 0 Å². The van der Waals surface area contributed by atoms with Gasteiger partial charge < -0.3 is 20.4 Å². The van der Waals surface area contributed by atoms with Crippen LogP contribution in [-0.4, -0.2) is 67.6 Å². The monoisotopic (exact) mass is 344 g/mol. The van der Waals surface area contributed by atoms with E-state index < -0.39 is 0 Å². The minimum Gasteiger partial charge on any atom is -0.355 e. The number of carbonyl (C=O) groups is 1. The molecule has 1 fully saturated rings. The first kappa shape index (κ1) is 18.4. The molecule has 2 aliphatic heterocycles. The molecule has 1 aromatic rings. The van der Waals surface area contributed by atoms with E-state index in [4.69, 9.17) is 0 Å². The van der Waals surface area contributed by atoms with Crippen molar-refractivity contribution in [1.29, 1.82) is 0 Å². The van der Waals surface area contributed by atoms with Crippen molar-refractivity contribution in [2.75, 3.05) is 45.8 Å². The van der Waals surface area contributed by atoms with Crippen molar-refractivity contribution in [3.8, 4) is 0 Å². The summed E-state index contributed by atoms with van der Waals surface area (Å²) in [6, 6.07) is 8.47. The van der Waals surface area contributed by atoms with Gasteiger partial charge in [-0.3, -0.25) is 4.79 Å². The quantitative estimate of drug-likeness (QED) is 0.766. The van der Waals surface area contributed by atoms with Gasteiger partial charge in [0.25, 0.3) is 0 Å². The normalized spacial score (nSPS) is 24.7. The summed E-state index contributed by atoms with van der Waals surface area (Å²) in [7, 11) is 0. The van der Waals surface area contributed by atoms with Crippen molar-refractivity contribution in [1.82, 2.24) is 20.4 Å². The van der Waals surface area contributed by atoms with Crippen molar-refractivity contribution < 1.29 is 4.79 Å². The van der Waals surface area contributed by atoms with Gasteiger partial charge in [0.15, 0.2) is 0 Å². The summed E-state index contributed by atoms with van der Waals surface area (Å²) in [6.45, 7) is 12.8. The van der Waals surface area contributed by atoms with Gasteiger partial charge in [-0.15, -0.1) is 0 Å². The number of amides is 1. The number of fused-ring (bicyclic) bond motifs is 1. The smallest absolute Gasteiger partial charge is 0.229 e. The Balaban J connectivity index is 1.44. The summed E-state index contributed by atoms with van der Waals surface area (Å²) in [5.41, 5.74) is 2.43. The highest BCUT2D eigenvalue weighted by molar-refractivity contribution is 5.85. The second kappa shape index (κ2) is 8.79. The van der Waals surface area contributed by atoms with Gasteiger partial charge in [-0.1, -0.05) is 31.2 Å². The minimum absolute atomic E-state index is 0.0851. The SMILES string of the molecule is CCN1CCN(CCCNC(=O)C2c3ccccc3CNC2C)CC1. The van der Waals surface area contributed by atoms with Gasteiger partial charge in [0.05, 0.1) is 5.92 Å². The number of benzene rings is 1. The molecule has 5 nitrogen and oxygen atoms in total. The molecule has 2 N–H and O–H groups in total. The maximum absolute atomic E-state index is 12.7. The molecule has 2 heterocycles. The molecule has 0 aliphatic carbocycles. The fraction of sp³-hybridized carbons (Fsp3) is 0.650. The number of hydrogen-bond donors (Lipinski definition) is 2. The van der Waals surface area contributed by atoms with Crippen molar-refractivity contribution in [3.63, 3.8) is 0 Å². The number of piperazine rings is 1. The van der Waals surface area contributed by atoms with Crippen LogP contribution < -0.4 is 10.6 Å². The van der Waals surface area contributed by atoms with Gasteiger partial charge in [0.1, 0.15) is 0 Å². The van der Waals surface area contributed by atoms with Crippen molar-refractivity contribution in [2.24, 2.45) is 0 Å². The summed E-state index contributed by atoms with van der Waals surface area (Å²) in [6.07, 6.45) is 1.02. The molecule has 0 aromatic heterocycles. The standard InChI is InChI=1S/C20H32N4O/c1-3-23-11-13-24(14-12-23)10-6-9-21-20(25)19-16(2)22-15-17-7-4-5-8-18(17)19/h4-5,7-8,16,19,22H,3,6,9-15H2,1-2H3,(H,21,25). The molecule has 1 aromatic carbocycles. The summed E-state index contributed by atoms with van der Waals surface area (Å²) in [5, 5.41) is 6.61. The van der Waals surface area contributed by atoms with Crippen LogP contribution in [-0.2, 0) is 11.3 Å². The topological polar surface area (TPSA) is 47.6 Å². The van der Waals surface area contributed by atoms with Gasteiger partial charge in [-0.05, 0) is 37.6 Å². The summed E-state index contributed by atoms with van der Waals surface area (Å²) >= 11 is 0.